The fourth-order valence-electron chi connectivity index (χ4n) is 3.50. The predicted octanol–water partition coefficient (Wildman–Crippen LogP) is 2.50. The van der Waals surface area contributed by atoms with Crippen molar-refractivity contribution >= 4 is 35.9 Å². The Kier molecular flexibility index (Phi) is 9.89. The minimum atomic E-state index is -0.213. The van der Waals surface area contributed by atoms with Crippen molar-refractivity contribution in [1.82, 2.24) is 25.5 Å². The van der Waals surface area contributed by atoms with E-state index in [9.17, 15) is 4.39 Å². The van der Waals surface area contributed by atoms with Crippen LogP contribution < -0.4 is 15.5 Å². The van der Waals surface area contributed by atoms with Gasteiger partial charge in [-0.05, 0) is 23.8 Å². The molecule has 0 spiro atoms. The highest BCUT2D eigenvalue weighted by molar-refractivity contribution is 14.0. The van der Waals surface area contributed by atoms with E-state index in [0.717, 1.165) is 56.7 Å². The molecule has 170 valence electrons. The molecule has 0 unspecified atom stereocenters. The van der Waals surface area contributed by atoms with E-state index in [1.807, 2.05) is 12.1 Å². The number of hydrogen-bond donors (Lipinski definition) is 2. The molecule has 3 rings (SSSR count). The van der Waals surface area contributed by atoms with Gasteiger partial charge in [-0.25, -0.2) is 14.4 Å². The van der Waals surface area contributed by atoms with Gasteiger partial charge < -0.3 is 15.5 Å². The molecule has 1 aliphatic rings. The highest BCUT2D eigenvalue weighted by atomic mass is 127. The zero-order chi connectivity index (χ0) is 21.4. The van der Waals surface area contributed by atoms with Gasteiger partial charge in [0.2, 0.25) is 5.95 Å². The van der Waals surface area contributed by atoms with Crippen molar-refractivity contribution in [2.24, 2.45) is 4.99 Å². The lowest BCUT2D eigenvalue weighted by molar-refractivity contribution is 0.260. The molecule has 2 heterocycles. The Morgan fingerprint density at radius 1 is 1.10 bits per heavy atom. The van der Waals surface area contributed by atoms with Gasteiger partial charge in [-0.3, -0.25) is 9.89 Å². The number of anilines is 1. The van der Waals surface area contributed by atoms with Crippen molar-refractivity contribution in [3.8, 4) is 0 Å². The summed E-state index contributed by atoms with van der Waals surface area (Å²) in [5.41, 5.74) is 0.751. The topological polar surface area (TPSA) is 68.7 Å². The van der Waals surface area contributed by atoms with E-state index in [2.05, 4.69) is 49.2 Å². The monoisotopic (exact) mass is 541 g/mol. The second-order valence-corrected chi connectivity index (χ2v) is 8.12. The first kappa shape index (κ1) is 25.3. The number of aliphatic imine (C=N–C) groups is 1. The van der Waals surface area contributed by atoms with Crippen molar-refractivity contribution in [2.45, 2.75) is 19.3 Å². The van der Waals surface area contributed by atoms with Crippen LogP contribution in [0.3, 0.4) is 0 Å². The van der Waals surface area contributed by atoms with Crippen molar-refractivity contribution in [2.75, 3.05) is 57.8 Å². The van der Waals surface area contributed by atoms with Gasteiger partial charge in [0, 0.05) is 70.7 Å². The van der Waals surface area contributed by atoms with Gasteiger partial charge in [0.15, 0.2) is 5.96 Å². The minimum Gasteiger partial charge on any atom is -0.356 e. The third-order valence-electron chi connectivity index (χ3n) is 5.46. The fourth-order valence-corrected chi connectivity index (χ4v) is 3.50. The maximum absolute atomic E-state index is 13.6. The molecule has 2 N–H and O–H groups in total. The molecule has 0 radical (unpaired) electrons. The number of aromatic nitrogens is 2. The van der Waals surface area contributed by atoms with Gasteiger partial charge in [0.1, 0.15) is 5.82 Å². The summed E-state index contributed by atoms with van der Waals surface area (Å²) in [6, 6.07) is 8.62. The molecular weight excluding hydrogens is 508 g/mol. The highest BCUT2D eigenvalue weighted by Gasteiger charge is 2.22. The van der Waals surface area contributed by atoms with Crippen LogP contribution in [0.25, 0.3) is 0 Å². The summed E-state index contributed by atoms with van der Waals surface area (Å²) in [5.74, 6) is 1.36. The summed E-state index contributed by atoms with van der Waals surface area (Å²) >= 11 is 0. The van der Waals surface area contributed by atoms with E-state index in [0.29, 0.717) is 6.54 Å². The van der Waals surface area contributed by atoms with Crippen LogP contribution in [-0.4, -0.2) is 73.7 Å². The predicted molar refractivity (Wildman–Crippen MR) is 135 cm³/mol. The van der Waals surface area contributed by atoms with Gasteiger partial charge in [-0.2, -0.15) is 0 Å². The maximum atomic E-state index is 13.6. The Labute approximate surface area is 201 Å². The molecule has 1 aliphatic heterocycles. The Morgan fingerprint density at radius 2 is 1.81 bits per heavy atom. The molecule has 31 heavy (non-hydrogen) atoms. The molecule has 0 saturated carbocycles. The van der Waals surface area contributed by atoms with Crippen molar-refractivity contribution in [3.63, 3.8) is 0 Å². The first-order valence-electron chi connectivity index (χ1n) is 10.4. The molecule has 1 aromatic carbocycles. The fraction of sp³-hybridized carbons (Fsp3) is 0.500. The minimum absolute atomic E-state index is 0. The first-order chi connectivity index (χ1) is 14.5. The average Bonchev–Trinajstić information content (AvgIpc) is 2.77. The second-order valence-electron chi connectivity index (χ2n) is 8.12. The lowest BCUT2D eigenvalue weighted by Crippen LogP contribution is -2.50. The van der Waals surface area contributed by atoms with E-state index in [-0.39, 0.29) is 35.2 Å². The Hall–Kier alpha value is -2.01. The Morgan fingerprint density at radius 3 is 2.45 bits per heavy atom. The van der Waals surface area contributed by atoms with Gasteiger partial charge in [0.05, 0.1) is 0 Å². The second kappa shape index (κ2) is 12.1. The lowest BCUT2D eigenvalue weighted by atomic mass is 9.84. The number of guanidine groups is 1. The van der Waals surface area contributed by atoms with Crippen LogP contribution in [0.15, 0.2) is 47.7 Å². The van der Waals surface area contributed by atoms with Gasteiger partial charge in [0.25, 0.3) is 0 Å². The molecule has 0 aliphatic carbocycles. The van der Waals surface area contributed by atoms with Crippen LogP contribution in [-0.2, 0) is 5.41 Å². The van der Waals surface area contributed by atoms with Gasteiger partial charge in [-0.1, -0.05) is 26.0 Å². The first-order valence-corrected chi connectivity index (χ1v) is 10.4. The number of nitrogens with one attached hydrogen (secondary N) is 2. The molecule has 0 atom stereocenters. The largest absolute Gasteiger partial charge is 0.356 e. The molecule has 0 bridgehead atoms. The molecule has 1 fully saturated rings. The summed E-state index contributed by atoms with van der Waals surface area (Å²) < 4.78 is 13.6. The molecule has 0 amide bonds. The van der Waals surface area contributed by atoms with Crippen molar-refractivity contribution < 1.29 is 4.39 Å². The SMILES string of the molecule is CN=C(NCCN1CCN(c2ncccn2)CC1)NCC(C)(C)c1cccc(F)c1.I. The number of hydrogen-bond acceptors (Lipinski definition) is 5. The third-order valence-corrected chi connectivity index (χ3v) is 5.46. The molecule has 1 aromatic heterocycles. The van der Waals surface area contributed by atoms with E-state index in [4.69, 9.17) is 0 Å². The number of nitrogens with zero attached hydrogens (tertiary/aromatic N) is 5. The van der Waals surface area contributed by atoms with E-state index in [1.165, 1.54) is 6.07 Å². The molecule has 9 heteroatoms. The van der Waals surface area contributed by atoms with Gasteiger partial charge in [-0.15, -0.1) is 24.0 Å². The van der Waals surface area contributed by atoms with Crippen LogP contribution >= 0.6 is 24.0 Å². The zero-order valence-electron chi connectivity index (χ0n) is 18.5. The summed E-state index contributed by atoms with van der Waals surface area (Å²) in [6.45, 7) is 10.4. The van der Waals surface area contributed by atoms with Crippen LogP contribution in [0.1, 0.15) is 19.4 Å². The summed E-state index contributed by atoms with van der Waals surface area (Å²) in [5, 5.41) is 6.75. The van der Waals surface area contributed by atoms with Crippen LogP contribution in [0.4, 0.5) is 10.3 Å². The third kappa shape index (κ3) is 7.57. The van der Waals surface area contributed by atoms with Crippen molar-refractivity contribution in [3.05, 3.63) is 54.1 Å². The Bertz CT molecular complexity index is 824. The number of piperazine rings is 1. The zero-order valence-corrected chi connectivity index (χ0v) is 20.8. The van der Waals surface area contributed by atoms with Crippen LogP contribution in [0.2, 0.25) is 0 Å². The van der Waals surface area contributed by atoms with Crippen LogP contribution in [0, 0.1) is 5.82 Å². The number of halogens is 2. The summed E-state index contributed by atoms with van der Waals surface area (Å²) in [4.78, 5) is 17.6. The van der Waals surface area contributed by atoms with E-state index in [1.54, 1.807) is 31.6 Å². The van der Waals surface area contributed by atoms with Crippen LogP contribution in [0.5, 0.6) is 0 Å². The average molecular weight is 541 g/mol. The number of rotatable bonds is 7. The van der Waals surface area contributed by atoms with E-state index < -0.39 is 0 Å². The summed E-state index contributed by atoms with van der Waals surface area (Å²) in [7, 11) is 1.77. The molecule has 7 nitrogen and oxygen atoms in total. The normalized spacial score (nSPS) is 15.4. The molecule has 2 aromatic rings. The van der Waals surface area contributed by atoms with Gasteiger partial charge >= 0.3 is 0 Å². The molecular formula is C22H33FIN7. The summed E-state index contributed by atoms with van der Waals surface area (Å²) in [6.07, 6.45) is 3.57. The quantitative estimate of drug-likeness (QED) is 0.319. The number of benzene rings is 1. The smallest absolute Gasteiger partial charge is 0.225 e. The highest BCUT2D eigenvalue weighted by Crippen LogP contribution is 2.22. The van der Waals surface area contributed by atoms with E-state index >= 15 is 0 Å². The maximum Gasteiger partial charge on any atom is 0.225 e. The van der Waals surface area contributed by atoms with Crippen molar-refractivity contribution in [1.29, 1.82) is 0 Å². The lowest BCUT2D eigenvalue weighted by Gasteiger charge is -2.34. The molecule has 1 saturated heterocycles. The standard InChI is InChI=1S/C22H32FN7.HI/c1-22(2,18-6-4-7-19(23)16-18)17-28-20(24-3)25-10-11-29-12-14-30(15-13-29)21-26-8-5-9-27-21;/h4-9,16H,10-15,17H2,1-3H3,(H2,24,25,28);1H. The Balaban J connectivity index is 0.00000341.